The second-order valence-corrected chi connectivity index (χ2v) is 4.65. The van der Waals surface area contributed by atoms with Crippen LogP contribution in [-0.4, -0.2) is 48.2 Å². The highest BCUT2D eigenvalue weighted by Gasteiger charge is 2.23. The monoisotopic (exact) mass is 263 g/mol. The number of rotatable bonds is 3. The Morgan fingerprint density at radius 3 is 2.53 bits per heavy atom. The van der Waals surface area contributed by atoms with E-state index in [4.69, 9.17) is 9.84 Å². The molecule has 19 heavy (non-hydrogen) atoms. The molecule has 1 aromatic rings. The van der Waals surface area contributed by atoms with Crippen molar-refractivity contribution in [2.45, 2.75) is 18.9 Å². The fraction of sp³-hybridized carbons (Fsp3) is 0.429. The van der Waals surface area contributed by atoms with Gasteiger partial charge in [0, 0.05) is 31.9 Å². The van der Waals surface area contributed by atoms with Gasteiger partial charge in [0.25, 0.3) is 5.91 Å². The molecule has 0 radical (unpaired) electrons. The summed E-state index contributed by atoms with van der Waals surface area (Å²) in [6.45, 7) is 1.33. The van der Waals surface area contributed by atoms with Gasteiger partial charge in [-0.3, -0.25) is 4.79 Å². The highest BCUT2D eigenvalue weighted by Crippen LogP contribution is 2.16. The molecule has 1 heterocycles. The SMILES string of the molecule is CN(C(=O)c1cccc(C(=O)O)c1)C1CCOCC1. The third-order valence-electron chi connectivity index (χ3n) is 3.42. The number of carboxylic acid groups (broad SMARTS) is 1. The number of aromatic carboxylic acids is 1. The van der Waals surface area contributed by atoms with Crippen LogP contribution < -0.4 is 0 Å². The predicted octanol–water partition coefficient (Wildman–Crippen LogP) is 1.64. The highest BCUT2D eigenvalue weighted by atomic mass is 16.5. The molecule has 0 aromatic heterocycles. The number of hydrogen-bond donors (Lipinski definition) is 1. The maximum Gasteiger partial charge on any atom is 0.335 e. The van der Waals surface area contributed by atoms with Crippen LogP contribution in [0.25, 0.3) is 0 Å². The number of benzene rings is 1. The average Bonchev–Trinajstić information content (AvgIpc) is 2.46. The molecule has 1 fully saturated rings. The summed E-state index contributed by atoms with van der Waals surface area (Å²) in [5.74, 6) is -1.17. The summed E-state index contributed by atoms with van der Waals surface area (Å²) >= 11 is 0. The summed E-state index contributed by atoms with van der Waals surface area (Å²) in [5.41, 5.74) is 0.542. The lowest BCUT2D eigenvalue weighted by Gasteiger charge is -2.31. The van der Waals surface area contributed by atoms with Gasteiger partial charge in [0.2, 0.25) is 0 Å². The van der Waals surface area contributed by atoms with Crippen molar-refractivity contribution in [3.8, 4) is 0 Å². The van der Waals surface area contributed by atoms with Gasteiger partial charge >= 0.3 is 5.97 Å². The van der Waals surface area contributed by atoms with Crippen molar-refractivity contribution in [1.29, 1.82) is 0 Å². The molecule has 1 saturated heterocycles. The van der Waals surface area contributed by atoms with E-state index in [1.165, 1.54) is 12.1 Å². The Morgan fingerprint density at radius 2 is 1.89 bits per heavy atom. The zero-order valence-corrected chi connectivity index (χ0v) is 10.8. The molecule has 0 bridgehead atoms. The van der Waals surface area contributed by atoms with Crippen LogP contribution in [0.5, 0.6) is 0 Å². The minimum absolute atomic E-state index is 0.131. The predicted molar refractivity (Wildman–Crippen MR) is 69.3 cm³/mol. The Hall–Kier alpha value is -1.88. The number of nitrogens with zero attached hydrogens (tertiary/aromatic N) is 1. The summed E-state index contributed by atoms with van der Waals surface area (Å²) in [4.78, 5) is 24.9. The molecule has 0 unspecified atom stereocenters. The van der Waals surface area contributed by atoms with Crippen molar-refractivity contribution in [3.05, 3.63) is 35.4 Å². The van der Waals surface area contributed by atoms with E-state index in [0.717, 1.165) is 12.8 Å². The number of amides is 1. The molecule has 1 amide bonds. The average molecular weight is 263 g/mol. The number of hydrogen-bond acceptors (Lipinski definition) is 3. The van der Waals surface area contributed by atoms with Crippen LogP contribution in [0, 0.1) is 0 Å². The molecule has 0 aliphatic carbocycles. The zero-order valence-electron chi connectivity index (χ0n) is 10.8. The first kappa shape index (κ1) is 13.5. The molecular weight excluding hydrogens is 246 g/mol. The molecular formula is C14H17NO4. The largest absolute Gasteiger partial charge is 0.478 e. The molecule has 1 aliphatic rings. The first-order valence-corrected chi connectivity index (χ1v) is 6.28. The smallest absolute Gasteiger partial charge is 0.335 e. The van der Waals surface area contributed by atoms with Crippen molar-refractivity contribution in [1.82, 2.24) is 4.90 Å². The molecule has 5 heteroatoms. The number of carbonyl (C=O) groups excluding carboxylic acids is 1. The van der Waals surface area contributed by atoms with E-state index in [-0.39, 0.29) is 17.5 Å². The molecule has 0 saturated carbocycles. The van der Waals surface area contributed by atoms with Crippen LogP contribution in [0.15, 0.2) is 24.3 Å². The minimum Gasteiger partial charge on any atom is -0.478 e. The third kappa shape index (κ3) is 3.12. The van der Waals surface area contributed by atoms with Gasteiger partial charge in [-0.2, -0.15) is 0 Å². The molecule has 0 atom stereocenters. The fourth-order valence-corrected chi connectivity index (χ4v) is 2.23. The maximum atomic E-state index is 12.3. The fourth-order valence-electron chi connectivity index (χ4n) is 2.23. The van der Waals surface area contributed by atoms with E-state index in [9.17, 15) is 9.59 Å². The van der Waals surface area contributed by atoms with Gasteiger partial charge in [0.15, 0.2) is 0 Å². The van der Waals surface area contributed by atoms with E-state index >= 15 is 0 Å². The van der Waals surface area contributed by atoms with Gasteiger partial charge in [0.05, 0.1) is 5.56 Å². The molecule has 0 spiro atoms. The summed E-state index contributed by atoms with van der Waals surface area (Å²) in [7, 11) is 1.76. The first-order valence-electron chi connectivity index (χ1n) is 6.28. The Labute approximate surface area is 111 Å². The van der Waals surface area contributed by atoms with Crippen LogP contribution in [-0.2, 0) is 4.74 Å². The first-order chi connectivity index (χ1) is 9.09. The van der Waals surface area contributed by atoms with Gasteiger partial charge in [-0.25, -0.2) is 4.79 Å². The molecule has 1 N–H and O–H groups in total. The van der Waals surface area contributed by atoms with Gasteiger partial charge in [-0.05, 0) is 31.0 Å². The van der Waals surface area contributed by atoms with Crippen LogP contribution in [0.2, 0.25) is 0 Å². The van der Waals surface area contributed by atoms with Gasteiger partial charge < -0.3 is 14.7 Å². The number of ether oxygens (including phenoxy) is 1. The summed E-state index contributed by atoms with van der Waals surface area (Å²) in [6.07, 6.45) is 1.64. The van der Waals surface area contributed by atoms with E-state index in [1.54, 1.807) is 24.1 Å². The molecule has 5 nitrogen and oxygen atoms in total. The standard InChI is InChI=1S/C14H17NO4/c1-15(12-5-7-19-8-6-12)13(16)10-3-2-4-11(9-10)14(17)18/h2-4,9,12H,5-8H2,1H3,(H,17,18). The van der Waals surface area contributed by atoms with Crippen molar-refractivity contribution in [2.24, 2.45) is 0 Å². The summed E-state index contributed by atoms with van der Waals surface area (Å²) in [5, 5.41) is 8.94. The lowest BCUT2D eigenvalue weighted by atomic mass is 10.1. The number of carbonyl (C=O) groups is 2. The Kier molecular flexibility index (Phi) is 4.16. The quantitative estimate of drug-likeness (QED) is 0.900. The van der Waals surface area contributed by atoms with E-state index < -0.39 is 5.97 Å². The van der Waals surface area contributed by atoms with Crippen LogP contribution in [0.4, 0.5) is 0 Å². The van der Waals surface area contributed by atoms with Crippen LogP contribution >= 0.6 is 0 Å². The Bertz CT molecular complexity index is 480. The second-order valence-electron chi connectivity index (χ2n) is 4.65. The maximum absolute atomic E-state index is 12.3. The van der Waals surface area contributed by atoms with E-state index in [2.05, 4.69) is 0 Å². The van der Waals surface area contributed by atoms with Gasteiger partial charge in [0.1, 0.15) is 0 Å². The van der Waals surface area contributed by atoms with E-state index in [1.807, 2.05) is 0 Å². The van der Waals surface area contributed by atoms with E-state index in [0.29, 0.717) is 18.8 Å². The van der Waals surface area contributed by atoms with Crippen molar-refractivity contribution in [2.75, 3.05) is 20.3 Å². The van der Waals surface area contributed by atoms with Crippen LogP contribution in [0.1, 0.15) is 33.6 Å². The summed E-state index contributed by atoms with van der Waals surface area (Å²) in [6, 6.07) is 6.29. The number of carboxylic acids is 1. The second kappa shape index (κ2) is 5.84. The molecule has 2 rings (SSSR count). The topological polar surface area (TPSA) is 66.8 Å². The normalized spacial score (nSPS) is 16.1. The highest BCUT2D eigenvalue weighted by molar-refractivity contribution is 5.97. The lowest BCUT2D eigenvalue weighted by molar-refractivity contribution is 0.0362. The molecule has 1 aromatic carbocycles. The van der Waals surface area contributed by atoms with Crippen LogP contribution in [0.3, 0.4) is 0 Å². The van der Waals surface area contributed by atoms with Crippen molar-refractivity contribution < 1.29 is 19.4 Å². The Balaban J connectivity index is 2.14. The van der Waals surface area contributed by atoms with Gasteiger partial charge in [-0.15, -0.1) is 0 Å². The summed E-state index contributed by atoms with van der Waals surface area (Å²) < 4.78 is 5.27. The van der Waals surface area contributed by atoms with Gasteiger partial charge in [-0.1, -0.05) is 6.07 Å². The zero-order chi connectivity index (χ0) is 13.8. The molecule has 102 valence electrons. The lowest BCUT2D eigenvalue weighted by Crippen LogP contribution is -2.40. The molecule has 1 aliphatic heterocycles. The van der Waals surface area contributed by atoms with Crippen molar-refractivity contribution >= 4 is 11.9 Å². The minimum atomic E-state index is -1.02. The van der Waals surface area contributed by atoms with Crippen molar-refractivity contribution in [3.63, 3.8) is 0 Å². The Morgan fingerprint density at radius 1 is 1.26 bits per heavy atom. The third-order valence-corrected chi connectivity index (χ3v) is 3.42.